The number of rotatable bonds is 1. The highest BCUT2D eigenvalue weighted by Gasteiger charge is 2.21. The fraction of sp³-hybridized carbons (Fsp3) is 0.273. The molecule has 0 atom stereocenters. The van der Waals surface area contributed by atoms with Gasteiger partial charge in [-0.15, -0.1) is 0 Å². The van der Waals surface area contributed by atoms with Gasteiger partial charge in [0, 0.05) is 17.6 Å². The monoisotopic (exact) mass is 222 g/mol. The summed E-state index contributed by atoms with van der Waals surface area (Å²) in [5.74, 6) is 0.0163. The van der Waals surface area contributed by atoms with Gasteiger partial charge in [0.1, 0.15) is 0 Å². The maximum Gasteiger partial charge on any atom is 0.248 e. The lowest BCUT2D eigenvalue weighted by Gasteiger charge is -2.02. The van der Waals surface area contributed by atoms with Crippen LogP contribution in [0.2, 0.25) is 5.02 Å². The van der Waals surface area contributed by atoms with Crippen LogP contribution in [0, 0.1) is 6.92 Å². The molecule has 1 heterocycles. The number of halogens is 1. The van der Waals surface area contributed by atoms with Crippen LogP contribution in [-0.2, 0) is 4.79 Å². The molecule has 1 aliphatic rings. The summed E-state index contributed by atoms with van der Waals surface area (Å²) in [4.78, 5) is 11.3. The molecule has 1 aliphatic heterocycles. The van der Waals surface area contributed by atoms with E-state index >= 15 is 0 Å². The second kappa shape index (κ2) is 3.66. The first-order chi connectivity index (χ1) is 7.06. The van der Waals surface area contributed by atoms with E-state index in [1.807, 2.05) is 25.1 Å². The van der Waals surface area contributed by atoms with Crippen LogP contribution in [0.5, 0.6) is 0 Å². The molecular weight excluding hydrogens is 212 g/mol. The zero-order chi connectivity index (χ0) is 11.0. The predicted octanol–water partition coefficient (Wildman–Crippen LogP) is 2.21. The number of aryl methyl sites for hydroxylation is 1. The molecule has 15 heavy (non-hydrogen) atoms. The van der Waals surface area contributed by atoms with E-state index in [0.29, 0.717) is 11.4 Å². The molecule has 0 bridgehead atoms. The number of hydrogen-bond donors (Lipinski definition) is 0. The molecule has 0 fully saturated rings. The minimum absolute atomic E-state index is 0.0163. The van der Waals surface area contributed by atoms with Crippen molar-refractivity contribution in [2.45, 2.75) is 13.3 Å². The number of hydrogen-bond acceptors (Lipinski definition) is 2. The number of amides is 1. The van der Waals surface area contributed by atoms with E-state index in [9.17, 15) is 4.79 Å². The average Bonchev–Trinajstić information content (AvgIpc) is 2.45. The van der Waals surface area contributed by atoms with Crippen molar-refractivity contribution in [1.82, 2.24) is 5.01 Å². The minimum Gasteiger partial charge on any atom is -0.273 e. The van der Waals surface area contributed by atoms with Gasteiger partial charge in [0.2, 0.25) is 5.91 Å². The maximum atomic E-state index is 11.3. The predicted molar refractivity (Wildman–Crippen MR) is 60.1 cm³/mol. The third-order valence-corrected chi connectivity index (χ3v) is 2.54. The average molecular weight is 223 g/mol. The maximum absolute atomic E-state index is 11.3. The third-order valence-electron chi connectivity index (χ3n) is 2.33. The molecule has 1 aromatic rings. The molecule has 0 saturated heterocycles. The normalized spacial score (nSPS) is 15.8. The van der Waals surface area contributed by atoms with Gasteiger partial charge in [-0.3, -0.25) is 4.79 Å². The molecule has 0 spiro atoms. The van der Waals surface area contributed by atoms with Gasteiger partial charge in [-0.1, -0.05) is 17.7 Å². The Kier molecular flexibility index (Phi) is 2.49. The second-order valence-corrected chi connectivity index (χ2v) is 4.09. The highest BCUT2D eigenvalue weighted by atomic mass is 35.5. The molecule has 0 radical (unpaired) electrons. The Morgan fingerprint density at radius 2 is 2.13 bits per heavy atom. The van der Waals surface area contributed by atoms with Crippen molar-refractivity contribution < 1.29 is 4.79 Å². The number of carbonyl (C=O) groups excluding carboxylic acids is 1. The summed E-state index contributed by atoms with van der Waals surface area (Å²) in [6.07, 6.45) is 0.357. The zero-order valence-electron chi connectivity index (χ0n) is 8.62. The lowest BCUT2D eigenvalue weighted by Crippen LogP contribution is -2.14. The van der Waals surface area contributed by atoms with Crippen LogP contribution >= 0.6 is 11.6 Å². The van der Waals surface area contributed by atoms with Gasteiger partial charge in [0.25, 0.3) is 0 Å². The molecule has 0 aliphatic carbocycles. The Balaban J connectivity index is 2.39. The molecule has 1 aromatic carbocycles. The van der Waals surface area contributed by atoms with E-state index in [0.717, 1.165) is 16.8 Å². The van der Waals surface area contributed by atoms with Crippen molar-refractivity contribution in [2.24, 2.45) is 5.10 Å². The lowest BCUT2D eigenvalue weighted by molar-refractivity contribution is -0.127. The van der Waals surface area contributed by atoms with Crippen LogP contribution in [0.1, 0.15) is 17.5 Å². The third kappa shape index (κ3) is 2.02. The van der Waals surface area contributed by atoms with Gasteiger partial charge in [-0.25, -0.2) is 5.01 Å². The molecule has 0 saturated carbocycles. The standard InChI is InChI=1S/C11H11ClN2O/c1-7-3-8(5-9(12)4-7)10-6-11(15)14(2)13-10/h3-5H,6H2,1-2H3. The van der Waals surface area contributed by atoms with E-state index in [1.54, 1.807) is 7.05 Å². The van der Waals surface area contributed by atoms with Crippen molar-refractivity contribution in [3.8, 4) is 0 Å². The molecular formula is C11H11ClN2O. The summed E-state index contributed by atoms with van der Waals surface area (Å²) in [6.45, 7) is 1.97. The first kappa shape index (κ1) is 10.2. The summed E-state index contributed by atoms with van der Waals surface area (Å²) in [7, 11) is 1.66. The van der Waals surface area contributed by atoms with E-state index < -0.39 is 0 Å². The quantitative estimate of drug-likeness (QED) is 0.717. The number of carbonyl (C=O) groups is 1. The van der Waals surface area contributed by atoms with Gasteiger partial charge in [0.15, 0.2) is 0 Å². The Hall–Kier alpha value is -1.35. The first-order valence-electron chi connectivity index (χ1n) is 4.68. The van der Waals surface area contributed by atoms with Gasteiger partial charge in [0.05, 0.1) is 12.1 Å². The summed E-state index contributed by atoms with van der Waals surface area (Å²) < 4.78 is 0. The van der Waals surface area contributed by atoms with Crippen LogP contribution in [0.4, 0.5) is 0 Å². The van der Waals surface area contributed by atoms with Crippen LogP contribution < -0.4 is 0 Å². The molecule has 0 unspecified atom stereocenters. The first-order valence-corrected chi connectivity index (χ1v) is 5.05. The molecule has 0 N–H and O–H groups in total. The summed E-state index contributed by atoms with van der Waals surface area (Å²) in [5, 5.41) is 6.21. The van der Waals surface area contributed by atoms with Gasteiger partial charge in [-0.2, -0.15) is 5.10 Å². The van der Waals surface area contributed by atoms with Crippen LogP contribution in [0.3, 0.4) is 0 Å². The van der Waals surface area contributed by atoms with Gasteiger partial charge in [-0.05, 0) is 24.6 Å². The lowest BCUT2D eigenvalue weighted by atomic mass is 10.1. The molecule has 3 nitrogen and oxygen atoms in total. The fourth-order valence-electron chi connectivity index (χ4n) is 1.59. The number of nitrogens with zero attached hydrogens (tertiary/aromatic N) is 2. The van der Waals surface area contributed by atoms with Crippen molar-refractivity contribution in [3.05, 3.63) is 34.3 Å². The molecule has 2 rings (SSSR count). The SMILES string of the molecule is Cc1cc(Cl)cc(C2=NN(C)C(=O)C2)c1. The summed E-state index contributed by atoms with van der Waals surface area (Å²) >= 11 is 5.95. The van der Waals surface area contributed by atoms with Crippen molar-refractivity contribution >= 4 is 23.2 Å². The highest BCUT2D eigenvalue weighted by molar-refractivity contribution is 6.31. The smallest absolute Gasteiger partial charge is 0.248 e. The Morgan fingerprint density at radius 1 is 1.40 bits per heavy atom. The topological polar surface area (TPSA) is 32.7 Å². The minimum atomic E-state index is 0.0163. The second-order valence-electron chi connectivity index (χ2n) is 3.66. The molecule has 1 amide bonds. The molecule has 78 valence electrons. The van der Waals surface area contributed by atoms with Crippen molar-refractivity contribution in [2.75, 3.05) is 7.05 Å². The highest BCUT2D eigenvalue weighted by Crippen LogP contribution is 2.19. The fourth-order valence-corrected chi connectivity index (χ4v) is 1.88. The number of hydrazone groups is 1. The van der Waals surface area contributed by atoms with Gasteiger partial charge >= 0.3 is 0 Å². The van der Waals surface area contributed by atoms with E-state index in [-0.39, 0.29) is 5.91 Å². The van der Waals surface area contributed by atoms with Crippen molar-refractivity contribution in [1.29, 1.82) is 0 Å². The van der Waals surface area contributed by atoms with E-state index in [1.165, 1.54) is 5.01 Å². The van der Waals surface area contributed by atoms with Crippen molar-refractivity contribution in [3.63, 3.8) is 0 Å². The van der Waals surface area contributed by atoms with Crippen LogP contribution in [0.15, 0.2) is 23.3 Å². The van der Waals surface area contributed by atoms with Crippen LogP contribution in [0.25, 0.3) is 0 Å². The van der Waals surface area contributed by atoms with Crippen LogP contribution in [-0.4, -0.2) is 23.7 Å². The molecule has 4 heteroatoms. The largest absolute Gasteiger partial charge is 0.273 e. The van der Waals surface area contributed by atoms with E-state index in [2.05, 4.69) is 5.10 Å². The molecule has 0 aromatic heterocycles. The summed E-state index contributed by atoms with van der Waals surface area (Å²) in [5.41, 5.74) is 2.79. The zero-order valence-corrected chi connectivity index (χ0v) is 9.38. The summed E-state index contributed by atoms with van der Waals surface area (Å²) in [6, 6.07) is 5.70. The Bertz CT molecular complexity index is 434. The van der Waals surface area contributed by atoms with Gasteiger partial charge < -0.3 is 0 Å². The Labute approximate surface area is 93.3 Å². The van der Waals surface area contributed by atoms with E-state index in [4.69, 9.17) is 11.6 Å². The number of benzene rings is 1. The Morgan fingerprint density at radius 3 is 2.67 bits per heavy atom.